The number of anilines is 1. The van der Waals surface area contributed by atoms with Gasteiger partial charge in [-0.1, -0.05) is 49.0 Å². The predicted octanol–water partition coefficient (Wildman–Crippen LogP) is 2.71. The predicted molar refractivity (Wildman–Crippen MR) is 106 cm³/mol. The van der Waals surface area contributed by atoms with Crippen molar-refractivity contribution in [3.05, 3.63) is 63.9 Å². The number of aryl methyl sites for hydroxylation is 2. The molecule has 2 aromatic carbocycles. The molecule has 0 aliphatic carbocycles. The highest BCUT2D eigenvalue weighted by Crippen LogP contribution is 2.22. The Hall–Kier alpha value is -2.80. The summed E-state index contributed by atoms with van der Waals surface area (Å²) in [5, 5.41) is 3.72. The summed E-state index contributed by atoms with van der Waals surface area (Å²) in [4.78, 5) is 29.1. The maximum absolute atomic E-state index is 12.4. The molecular weight excluding hydrogens is 348 g/mol. The fourth-order valence-corrected chi connectivity index (χ4v) is 3.45. The first-order valence-electron chi connectivity index (χ1n) is 8.29. The van der Waals surface area contributed by atoms with E-state index in [9.17, 15) is 9.59 Å². The van der Waals surface area contributed by atoms with Crippen molar-refractivity contribution in [1.82, 2.24) is 9.66 Å². The minimum Gasteiger partial charge on any atom is -0.334 e. The van der Waals surface area contributed by atoms with E-state index in [-0.39, 0.29) is 17.2 Å². The molecule has 6 nitrogen and oxygen atoms in total. The van der Waals surface area contributed by atoms with Crippen molar-refractivity contribution >= 4 is 34.3 Å². The van der Waals surface area contributed by atoms with Crippen molar-refractivity contribution in [2.75, 3.05) is 16.9 Å². The number of hydrogen-bond donors (Lipinski definition) is 2. The van der Waals surface area contributed by atoms with E-state index in [1.165, 1.54) is 0 Å². The molecule has 134 valence electrons. The van der Waals surface area contributed by atoms with Gasteiger partial charge in [-0.25, -0.2) is 9.66 Å². The molecule has 3 N–H and O–H groups in total. The van der Waals surface area contributed by atoms with E-state index >= 15 is 0 Å². The van der Waals surface area contributed by atoms with Crippen LogP contribution in [-0.4, -0.2) is 21.3 Å². The van der Waals surface area contributed by atoms with Crippen molar-refractivity contribution in [2.45, 2.75) is 25.4 Å². The van der Waals surface area contributed by atoms with Crippen LogP contribution in [0.15, 0.2) is 52.4 Å². The number of benzene rings is 2. The highest BCUT2D eigenvalue weighted by molar-refractivity contribution is 7.99. The Bertz CT molecular complexity index is 1030. The molecule has 0 aliphatic heterocycles. The topological polar surface area (TPSA) is 90.0 Å². The van der Waals surface area contributed by atoms with E-state index in [1.54, 1.807) is 24.3 Å². The molecule has 0 spiro atoms. The average Bonchev–Trinajstić information content (AvgIpc) is 2.65. The van der Waals surface area contributed by atoms with E-state index in [0.29, 0.717) is 16.1 Å². The number of nitrogens with one attached hydrogen (secondary N) is 1. The van der Waals surface area contributed by atoms with Crippen molar-refractivity contribution in [1.29, 1.82) is 0 Å². The zero-order chi connectivity index (χ0) is 18.7. The molecule has 0 saturated carbocycles. The van der Waals surface area contributed by atoms with Crippen LogP contribution in [-0.2, 0) is 11.2 Å². The summed E-state index contributed by atoms with van der Waals surface area (Å²) >= 11 is 1.14. The molecular formula is C19H20N4O2S. The van der Waals surface area contributed by atoms with Crippen molar-refractivity contribution in [2.24, 2.45) is 0 Å². The summed E-state index contributed by atoms with van der Waals surface area (Å²) in [6.45, 7) is 4.01. The second-order valence-corrected chi connectivity index (χ2v) is 6.83. The lowest BCUT2D eigenvalue weighted by molar-refractivity contribution is -0.113. The largest absolute Gasteiger partial charge is 0.334 e. The van der Waals surface area contributed by atoms with Gasteiger partial charge in [0.1, 0.15) is 0 Å². The highest BCUT2D eigenvalue weighted by Gasteiger charge is 2.13. The molecule has 7 heteroatoms. The van der Waals surface area contributed by atoms with Gasteiger partial charge in [-0.15, -0.1) is 0 Å². The fourth-order valence-electron chi connectivity index (χ4n) is 2.73. The number of nitrogen functional groups attached to an aromatic ring is 1. The monoisotopic (exact) mass is 368 g/mol. The number of aromatic nitrogens is 2. The molecule has 0 radical (unpaired) electrons. The molecule has 0 atom stereocenters. The second kappa shape index (κ2) is 7.61. The lowest BCUT2D eigenvalue weighted by Crippen LogP contribution is -2.30. The molecule has 1 amide bonds. The average molecular weight is 368 g/mol. The van der Waals surface area contributed by atoms with Crippen LogP contribution in [0.1, 0.15) is 18.1 Å². The standard InChI is InChI=1S/C19H20N4O2S/c1-3-13-8-6-7-12(2)17(13)22-16(24)11-26-19-21-15-10-5-4-9-14(15)18(25)23(19)20/h4-10H,3,11,20H2,1-2H3,(H,22,24). The summed E-state index contributed by atoms with van der Waals surface area (Å²) in [7, 11) is 0. The van der Waals surface area contributed by atoms with Crippen molar-refractivity contribution < 1.29 is 4.79 Å². The van der Waals surface area contributed by atoms with Gasteiger partial charge in [-0.05, 0) is 36.6 Å². The summed E-state index contributed by atoms with van der Waals surface area (Å²) in [6.07, 6.45) is 0.832. The molecule has 0 bridgehead atoms. The van der Waals surface area contributed by atoms with Crippen LogP contribution in [0.4, 0.5) is 5.69 Å². The summed E-state index contributed by atoms with van der Waals surface area (Å²) < 4.78 is 0.992. The van der Waals surface area contributed by atoms with E-state index < -0.39 is 0 Å². The van der Waals surface area contributed by atoms with Crippen LogP contribution < -0.4 is 16.7 Å². The third-order valence-electron chi connectivity index (χ3n) is 4.11. The summed E-state index contributed by atoms with van der Waals surface area (Å²) in [5.41, 5.74) is 3.18. The Balaban J connectivity index is 1.78. The number of amides is 1. The molecule has 0 unspecified atom stereocenters. The number of para-hydroxylation sites is 2. The van der Waals surface area contributed by atoms with Crippen LogP contribution in [0.3, 0.4) is 0 Å². The van der Waals surface area contributed by atoms with E-state index in [1.807, 2.05) is 32.0 Å². The first-order chi connectivity index (χ1) is 12.5. The van der Waals surface area contributed by atoms with Gasteiger partial charge >= 0.3 is 0 Å². The molecule has 3 aromatic rings. The molecule has 0 saturated heterocycles. The normalized spacial score (nSPS) is 10.8. The summed E-state index contributed by atoms with van der Waals surface area (Å²) in [5.74, 6) is 5.79. The Morgan fingerprint density at radius 3 is 2.77 bits per heavy atom. The van der Waals surface area contributed by atoms with Crippen LogP contribution >= 0.6 is 11.8 Å². The van der Waals surface area contributed by atoms with Gasteiger partial charge in [-0.2, -0.15) is 0 Å². The third kappa shape index (κ3) is 3.57. The number of carbonyl (C=O) groups excluding carboxylic acids is 1. The van der Waals surface area contributed by atoms with Gasteiger partial charge in [0.25, 0.3) is 5.56 Å². The zero-order valence-corrected chi connectivity index (χ0v) is 15.5. The maximum atomic E-state index is 12.4. The Morgan fingerprint density at radius 1 is 1.23 bits per heavy atom. The quantitative estimate of drug-likeness (QED) is 0.411. The van der Waals surface area contributed by atoms with Gasteiger partial charge in [0, 0.05) is 5.69 Å². The second-order valence-electron chi connectivity index (χ2n) is 5.89. The molecule has 1 heterocycles. The minimum atomic E-state index is -0.328. The smallest absolute Gasteiger partial charge is 0.280 e. The number of rotatable bonds is 5. The number of nitrogens with two attached hydrogens (primary N) is 1. The van der Waals surface area contributed by atoms with Gasteiger partial charge in [-0.3, -0.25) is 9.59 Å². The van der Waals surface area contributed by atoms with Crippen LogP contribution in [0.2, 0.25) is 0 Å². The maximum Gasteiger partial charge on any atom is 0.280 e. The molecule has 1 aromatic heterocycles. The minimum absolute atomic E-state index is 0.111. The van der Waals surface area contributed by atoms with E-state index in [4.69, 9.17) is 5.84 Å². The lowest BCUT2D eigenvalue weighted by atomic mass is 10.1. The Morgan fingerprint density at radius 2 is 2.00 bits per heavy atom. The third-order valence-corrected chi connectivity index (χ3v) is 5.06. The Labute approximate surface area is 155 Å². The summed E-state index contributed by atoms with van der Waals surface area (Å²) in [6, 6.07) is 12.9. The van der Waals surface area contributed by atoms with Crippen molar-refractivity contribution in [3.63, 3.8) is 0 Å². The number of nitrogens with zero attached hydrogens (tertiary/aromatic N) is 2. The van der Waals surface area contributed by atoms with Crippen LogP contribution in [0.5, 0.6) is 0 Å². The highest BCUT2D eigenvalue weighted by atomic mass is 32.2. The van der Waals surface area contributed by atoms with Crippen LogP contribution in [0, 0.1) is 6.92 Å². The number of fused-ring (bicyclic) bond motifs is 1. The van der Waals surface area contributed by atoms with Gasteiger partial charge in [0.05, 0.1) is 16.7 Å². The number of thioether (sulfide) groups is 1. The van der Waals surface area contributed by atoms with Gasteiger partial charge < -0.3 is 11.2 Å². The SMILES string of the molecule is CCc1cccc(C)c1NC(=O)CSc1nc2ccccc2c(=O)n1N. The van der Waals surface area contributed by atoms with Gasteiger partial charge in [0.2, 0.25) is 5.91 Å². The zero-order valence-electron chi connectivity index (χ0n) is 14.7. The number of hydrogen-bond acceptors (Lipinski definition) is 5. The van der Waals surface area contributed by atoms with E-state index in [2.05, 4.69) is 10.3 Å². The number of carbonyl (C=O) groups is 1. The molecule has 0 fully saturated rings. The van der Waals surface area contributed by atoms with E-state index in [0.717, 1.165) is 39.7 Å². The Kier molecular flexibility index (Phi) is 5.27. The van der Waals surface area contributed by atoms with Crippen molar-refractivity contribution in [3.8, 4) is 0 Å². The molecule has 0 aliphatic rings. The first kappa shape index (κ1) is 18.0. The molecule has 26 heavy (non-hydrogen) atoms. The first-order valence-corrected chi connectivity index (χ1v) is 9.27. The van der Waals surface area contributed by atoms with Gasteiger partial charge in [0.15, 0.2) is 5.16 Å². The molecule has 3 rings (SSSR count). The van der Waals surface area contributed by atoms with Crippen LogP contribution in [0.25, 0.3) is 10.9 Å². The lowest BCUT2D eigenvalue weighted by Gasteiger charge is -2.13. The fraction of sp³-hybridized carbons (Fsp3) is 0.211.